The van der Waals surface area contributed by atoms with Crippen LogP contribution in [-0.4, -0.2) is 46.9 Å². The van der Waals surface area contributed by atoms with Crippen molar-refractivity contribution in [2.45, 2.75) is 38.6 Å². The van der Waals surface area contributed by atoms with Crippen LogP contribution < -0.4 is 5.32 Å². The van der Waals surface area contributed by atoms with Crippen molar-refractivity contribution >= 4 is 29.1 Å². The van der Waals surface area contributed by atoms with E-state index in [1.54, 1.807) is 38.3 Å². The van der Waals surface area contributed by atoms with Crippen LogP contribution in [0.25, 0.3) is 0 Å². The Morgan fingerprint density at radius 1 is 1.28 bits per heavy atom. The van der Waals surface area contributed by atoms with Gasteiger partial charge in [-0.2, -0.15) is 0 Å². The van der Waals surface area contributed by atoms with E-state index < -0.39 is 0 Å². The van der Waals surface area contributed by atoms with Crippen molar-refractivity contribution in [3.8, 4) is 0 Å². The van der Waals surface area contributed by atoms with Crippen molar-refractivity contribution in [2.24, 2.45) is 0 Å². The number of nitrogens with zero attached hydrogens (tertiary/aromatic N) is 3. The number of piperidine rings is 1. The molecule has 0 unspecified atom stereocenters. The van der Waals surface area contributed by atoms with Crippen LogP contribution in [0, 0.1) is 6.92 Å². The molecule has 1 saturated heterocycles. The second kappa shape index (κ2) is 9.80. The van der Waals surface area contributed by atoms with E-state index in [-0.39, 0.29) is 17.9 Å². The highest BCUT2D eigenvalue weighted by atomic mass is 35.5. The third kappa shape index (κ3) is 5.31. The first-order valence-corrected chi connectivity index (χ1v) is 10.1. The van der Waals surface area contributed by atoms with E-state index in [1.807, 2.05) is 4.90 Å². The molecule has 29 heavy (non-hydrogen) atoms. The van der Waals surface area contributed by atoms with E-state index in [0.717, 1.165) is 19.3 Å². The van der Waals surface area contributed by atoms with Crippen molar-refractivity contribution in [3.63, 3.8) is 0 Å². The zero-order chi connectivity index (χ0) is 20.8. The SMILES string of the molecule is COCCC(=O)N1CCCC[C@H]1c1ncc(C(=O)Nc2ccc(Cl)cc2)c(C)n1. The number of aromatic nitrogens is 2. The summed E-state index contributed by atoms with van der Waals surface area (Å²) in [5.41, 5.74) is 1.62. The summed E-state index contributed by atoms with van der Waals surface area (Å²) in [7, 11) is 1.58. The number of aryl methyl sites for hydroxylation is 1. The fourth-order valence-corrected chi connectivity index (χ4v) is 3.56. The second-order valence-corrected chi connectivity index (χ2v) is 7.47. The number of rotatable bonds is 6. The number of carbonyl (C=O) groups is 2. The number of benzene rings is 1. The van der Waals surface area contributed by atoms with E-state index in [9.17, 15) is 9.59 Å². The predicted molar refractivity (Wildman–Crippen MR) is 111 cm³/mol. The lowest BCUT2D eigenvalue weighted by Gasteiger charge is -2.35. The third-order valence-corrected chi connectivity index (χ3v) is 5.24. The minimum atomic E-state index is -0.284. The van der Waals surface area contributed by atoms with Crippen molar-refractivity contribution < 1.29 is 14.3 Å². The monoisotopic (exact) mass is 416 g/mol. The molecule has 2 amide bonds. The van der Waals surface area contributed by atoms with Gasteiger partial charge in [-0.3, -0.25) is 9.59 Å². The van der Waals surface area contributed by atoms with Crippen LogP contribution >= 0.6 is 11.6 Å². The van der Waals surface area contributed by atoms with Crippen molar-refractivity contribution in [1.82, 2.24) is 14.9 Å². The van der Waals surface area contributed by atoms with Crippen LogP contribution in [0.2, 0.25) is 5.02 Å². The topological polar surface area (TPSA) is 84.4 Å². The van der Waals surface area contributed by atoms with Gasteiger partial charge in [-0.15, -0.1) is 0 Å². The Balaban J connectivity index is 1.75. The number of halogens is 1. The van der Waals surface area contributed by atoms with Gasteiger partial charge in [0, 0.05) is 30.6 Å². The molecule has 1 aliphatic heterocycles. The molecular weight excluding hydrogens is 392 g/mol. The number of ether oxygens (including phenoxy) is 1. The molecule has 3 rings (SSSR count). The maximum absolute atomic E-state index is 12.6. The van der Waals surface area contributed by atoms with Gasteiger partial charge in [0.05, 0.1) is 30.3 Å². The Hall–Kier alpha value is -2.51. The van der Waals surface area contributed by atoms with Gasteiger partial charge in [-0.1, -0.05) is 11.6 Å². The summed E-state index contributed by atoms with van der Waals surface area (Å²) in [5.74, 6) is 0.339. The van der Waals surface area contributed by atoms with Gasteiger partial charge >= 0.3 is 0 Å². The van der Waals surface area contributed by atoms with E-state index in [0.29, 0.717) is 47.4 Å². The molecule has 0 radical (unpaired) electrons. The highest BCUT2D eigenvalue weighted by Crippen LogP contribution is 2.29. The maximum Gasteiger partial charge on any atom is 0.259 e. The first-order valence-electron chi connectivity index (χ1n) is 9.68. The summed E-state index contributed by atoms with van der Waals surface area (Å²) in [5, 5.41) is 3.42. The van der Waals surface area contributed by atoms with Gasteiger partial charge < -0.3 is 15.0 Å². The second-order valence-electron chi connectivity index (χ2n) is 7.03. The molecule has 1 atom stereocenters. The Bertz CT molecular complexity index is 873. The van der Waals surface area contributed by atoms with Gasteiger partial charge in [0.1, 0.15) is 0 Å². The molecule has 154 valence electrons. The molecule has 0 spiro atoms. The minimum absolute atomic E-state index is 0.0439. The Morgan fingerprint density at radius 2 is 2.03 bits per heavy atom. The Kier molecular flexibility index (Phi) is 7.17. The lowest BCUT2D eigenvalue weighted by Crippen LogP contribution is -2.39. The molecule has 2 heterocycles. The molecule has 1 aromatic heterocycles. The number of hydrogen-bond donors (Lipinski definition) is 1. The molecule has 1 aromatic carbocycles. The van der Waals surface area contributed by atoms with Gasteiger partial charge in [0.15, 0.2) is 5.82 Å². The van der Waals surface area contributed by atoms with Crippen LogP contribution in [0.3, 0.4) is 0 Å². The highest BCUT2D eigenvalue weighted by Gasteiger charge is 2.30. The van der Waals surface area contributed by atoms with E-state index in [2.05, 4.69) is 15.3 Å². The van der Waals surface area contributed by atoms with E-state index in [1.165, 1.54) is 6.20 Å². The standard InChI is InChI=1S/C21H25ClN4O3/c1-14-17(21(28)25-16-8-6-15(22)7-9-16)13-23-20(24-14)18-5-3-4-11-26(18)19(27)10-12-29-2/h6-9,13,18H,3-5,10-12H2,1-2H3,(H,25,28)/t18-/m0/s1. The molecular formula is C21H25ClN4O3. The molecule has 7 nitrogen and oxygen atoms in total. The maximum atomic E-state index is 12.6. The summed E-state index contributed by atoms with van der Waals surface area (Å²) in [6.45, 7) is 2.86. The molecule has 1 aliphatic rings. The molecule has 1 fully saturated rings. The molecule has 1 N–H and O–H groups in total. The van der Waals surface area contributed by atoms with Crippen LogP contribution in [0.15, 0.2) is 30.5 Å². The number of methoxy groups -OCH3 is 1. The summed E-state index contributed by atoms with van der Waals surface area (Å²) in [6.07, 6.45) is 4.67. The van der Waals surface area contributed by atoms with Crippen molar-refractivity contribution in [3.05, 3.63) is 52.6 Å². The fourth-order valence-electron chi connectivity index (χ4n) is 3.43. The summed E-state index contributed by atoms with van der Waals surface area (Å²) < 4.78 is 5.03. The quantitative estimate of drug-likeness (QED) is 0.774. The van der Waals surface area contributed by atoms with Crippen LogP contribution in [0.1, 0.15) is 53.6 Å². The Labute approximate surface area is 175 Å². The first kappa shape index (κ1) is 21.2. The lowest BCUT2D eigenvalue weighted by atomic mass is 10.0. The van der Waals surface area contributed by atoms with Crippen molar-refractivity contribution in [2.75, 3.05) is 25.6 Å². The largest absolute Gasteiger partial charge is 0.384 e. The van der Waals surface area contributed by atoms with Gasteiger partial charge in [0.2, 0.25) is 5.91 Å². The number of amides is 2. The molecule has 0 bridgehead atoms. The first-order chi connectivity index (χ1) is 14.0. The van der Waals surface area contributed by atoms with Crippen molar-refractivity contribution in [1.29, 1.82) is 0 Å². The lowest BCUT2D eigenvalue weighted by molar-refractivity contribution is -0.136. The zero-order valence-corrected chi connectivity index (χ0v) is 17.4. The average Bonchev–Trinajstić information content (AvgIpc) is 2.73. The number of nitrogens with one attached hydrogen (secondary N) is 1. The molecule has 2 aromatic rings. The van der Waals surface area contributed by atoms with E-state index >= 15 is 0 Å². The summed E-state index contributed by atoms with van der Waals surface area (Å²) in [6, 6.07) is 6.72. The van der Waals surface area contributed by atoms with Crippen LogP contribution in [-0.2, 0) is 9.53 Å². The summed E-state index contributed by atoms with van der Waals surface area (Å²) >= 11 is 5.88. The zero-order valence-electron chi connectivity index (χ0n) is 16.7. The number of carbonyl (C=O) groups excluding carboxylic acids is 2. The molecule has 0 aliphatic carbocycles. The predicted octanol–water partition coefficient (Wildman–Crippen LogP) is 3.78. The van der Waals surface area contributed by atoms with Crippen LogP contribution in [0.5, 0.6) is 0 Å². The smallest absolute Gasteiger partial charge is 0.259 e. The number of hydrogen-bond acceptors (Lipinski definition) is 5. The minimum Gasteiger partial charge on any atom is -0.384 e. The normalized spacial score (nSPS) is 16.5. The fraction of sp³-hybridized carbons (Fsp3) is 0.429. The van der Waals surface area contributed by atoms with Crippen LogP contribution in [0.4, 0.5) is 5.69 Å². The van der Waals surface area contributed by atoms with Gasteiger partial charge in [-0.25, -0.2) is 9.97 Å². The number of likely N-dealkylation sites (tertiary alicyclic amines) is 1. The highest BCUT2D eigenvalue weighted by molar-refractivity contribution is 6.30. The van der Waals surface area contributed by atoms with E-state index in [4.69, 9.17) is 16.3 Å². The third-order valence-electron chi connectivity index (χ3n) is 4.99. The van der Waals surface area contributed by atoms with Gasteiger partial charge in [-0.05, 0) is 50.5 Å². The number of anilines is 1. The van der Waals surface area contributed by atoms with Gasteiger partial charge in [0.25, 0.3) is 5.91 Å². The molecule has 8 heteroatoms. The molecule has 0 saturated carbocycles. The summed E-state index contributed by atoms with van der Waals surface area (Å²) in [4.78, 5) is 36.0. The average molecular weight is 417 g/mol. The Morgan fingerprint density at radius 3 is 2.72 bits per heavy atom.